The van der Waals surface area contributed by atoms with Gasteiger partial charge in [-0.25, -0.2) is 0 Å². The third kappa shape index (κ3) is 2.94. The highest BCUT2D eigenvalue weighted by atomic mass is 16.2. The fourth-order valence-electron chi connectivity index (χ4n) is 2.37. The van der Waals surface area contributed by atoms with Crippen molar-refractivity contribution in [2.45, 2.75) is 38.3 Å². The Morgan fingerprint density at radius 2 is 2.16 bits per heavy atom. The molecule has 19 heavy (non-hydrogen) atoms. The summed E-state index contributed by atoms with van der Waals surface area (Å²) in [4.78, 5) is 12.2. The molecule has 2 rings (SSSR count). The second-order valence-corrected chi connectivity index (χ2v) is 5.29. The van der Waals surface area contributed by atoms with Gasteiger partial charge in [-0.2, -0.15) is 5.26 Å². The molecule has 100 valence electrons. The van der Waals surface area contributed by atoms with Crippen LogP contribution in [-0.2, 0) is 4.79 Å². The number of nitrogens with one attached hydrogen (secondary N) is 2. The lowest BCUT2D eigenvalue weighted by Crippen LogP contribution is -2.51. The summed E-state index contributed by atoms with van der Waals surface area (Å²) in [6, 6.07) is 9.34. The Balaban J connectivity index is 2.02. The van der Waals surface area contributed by atoms with E-state index in [-0.39, 0.29) is 11.9 Å². The van der Waals surface area contributed by atoms with E-state index in [9.17, 15) is 4.79 Å². The molecular formula is C15H19N3O. The molecule has 0 aromatic heterocycles. The van der Waals surface area contributed by atoms with Crippen LogP contribution in [0.3, 0.4) is 0 Å². The van der Waals surface area contributed by atoms with Crippen LogP contribution in [0.5, 0.6) is 0 Å². The van der Waals surface area contributed by atoms with Crippen molar-refractivity contribution >= 4 is 5.91 Å². The third-order valence-corrected chi connectivity index (χ3v) is 3.76. The highest BCUT2D eigenvalue weighted by Gasteiger charge is 2.36. The maximum atomic E-state index is 12.2. The molecule has 1 saturated heterocycles. The summed E-state index contributed by atoms with van der Waals surface area (Å²) in [5, 5.41) is 15.0. The van der Waals surface area contributed by atoms with Crippen LogP contribution in [0.4, 0.5) is 0 Å². The van der Waals surface area contributed by atoms with Gasteiger partial charge >= 0.3 is 0 Å². The Bertz CT molecular complexity index is 495. The normalized spacial score (nSPS) is 23.6. The lowest BCUT2D eigenvalue weighted by Gasteiger charge is -2.25. The van der Waals surface area contributed by atoms with Crippen LogP contribution in [0.1, 0.15) is 43.9 Å². The van der Waals surface area contributed by atoms with E-state index < -0.39 is 5.54 Å². The predicted octanol–water partition coefficient (Wildman–Crippen LogP) is 1.88. The Morgan fingerprint density at radius 3 is 2.68 bits per heavy atom. The van der Waals surface area contributed by atoms with Gasteiger partial charge in [-0.15, -0.1) is 0 Å². The molecular weight excluding hydrogens is 238 g/mol. The highest BCUT2D eigenvalue weighted by Crippen LogP contribution is 2.21. The number of benzene rings is 1. The summed E-state index contributed by atoms with van der Waals surface area (Å²) in [7, 11) is 0. The van der Waals surface area contributed by atoms with E-state index >= 15 is 0 Å². The Labute approximate surface area is 113 Å². The summed E-state index contributed by atoms with van der Waals surface area (Å²) in [5.74, 6) is 0.0434. The molecule has 1 aromatic rings. The molecule has 2 atom stereocenters. The first-order valence-electron chi connectivity index (χ1n) is 6.61. The maximum absolute atomic E-state index is 12.2. The van der Waals surface area contributed by atoms with E-state index in [1.54, 1.807) is 12.1 Å². The van der Waals surface area contributed by atoms with Crippen molar-refractivity contribution in [3.05, 3.63) is 35.4 Å². The molecule has 4 heteroatoms. The van der Waals surface area contributed by atoms with Crippen molar-refractivity contribution in [3.8, 4) is 6.07 Å². The van der Waals surface area contributed by atoms with Gasteiger partial charge < -0.3 is 10.6 Å². The minimum atomic E-state index is -0.444. The first-order chi connectivity index (χ1) is 9.05. The zero-order valence-electron chi connectivity index (χ0n) is 11.4. The van der Waals surface area contributed by atoms with Crippen LogP contribution in [0.25, 0.3) is 0 Å². The zero-order chi connectivity index (χ0) is 13.9. The lowest BCUT2D eigenvalue weighted by molar-refractivity contribution is -0.127. The molecule has 0 bridgehead atoms. The number of carbonyl (C=O) groups excluding carboxylic acids is 1. The number of nitrogens with zero attached hydrogens (tertiary/aromatic N) is 1. The molecule has 1 fully saturated rings. The summed E-state index contributed by atoms with van der Waals surface area (Å²) >= 11 is 0. The molecule has 0 spiro atoms. The predicted molar refractivity (Wildman–Crippen MR) is 73.4 cm³/mol. The number of amides is 1. The summed E-state index contributed by atoms with van der Waals surface area (Å²) < 4.78 is 0. The van der Waals surface area contributed by atoms with Crippen LogP contribution >= 0.6 is 0 Å². The first kappa shape index (κ1) is 13.6. The largest absolute Gasteiger partial charge is 0.348 e. The topological polar surface area (TPSA) is 64.9 Å². The van der Waals surface area contributed by atoms with Gasteiger partial charge in [0.1, 0.15) is 0 Å². The third-order valence-electron chi connectivity index (χ3n) is 3.76. The van der Waals surface area contributed by atoms with Crippen molar-refractivity contribution < 1.29 is 4.79 Å². The van der Waals surface area contributed by atoms with Crippen molar-refractivity contribution in [2.24, 2.45) is 0 Å². The van der Waals surface area contributed by atoms with E-state index in [1.165, 1.54) is 0 Å². The molecule has 0 radical (unpaired) electrons. The van der Waals surface area contributed by atoms with Gasteiger partial charge in [0.2, 0.25) is 5.91 Å². The molecule has 2 unspecified atom stereocenters. The molecule has 0 aliphatic carbocycles. The smallest absolute Gasteiger partial charge is 0.240 e. The van der Waals surface area contributed by atoms with Gasteiger partial charge in [0.05, 0.1) is 23.2 Å². The van der Waals surface area contributed by atoms with Gasteiger partial charge in [-0.3, -0.25) is 4.79 Å². The average molecular weight is 257 g/mol. The van der Waals surface area contributed by atoms with E-state index in [0.29, 0.717) is 5.56 Å². The number of hydrogen-bond acceptors (Lipinski definition) is 3. The van der Waals surface area contributed by atoms with Crippen LogP contribution < -0.4 is 10.6 Å². The fourth-order valence-corrected chi connectivity index (χ4v) is 2.37. The van der Waals surface area contributed by atoms with Gasteiger partial charge in [0.15, 0.2) is 0 Å². The molecule has 1 amide bonds. The van der Waals surface area contributed by atoms with Crippen LogP contribution in [0.2, 0.25) is 0 Å². The molecule has 1 aromatic carbocycles. The van der Waals surface area contributed by atoms with Gasteiger partial charge in [-0.1, -0.05) is 12.1 Å². The minimum Gasteiger partial charge on any atom is -0.348 e. The van der Waals surface area contributed by atoms with E-state index in [0.717, 1.165) is 24.9 Å². The van der Waals surface area contributed by atoms with E-state index in [2.05, 4.69) is 16.7 Å². The summed E-state index contributed by atoms with van der Waals surface area (Å²) in [6.45, 7) is 4.80. The molecule has 1 aliphatic rings. The van der Waals surface area contributed by atoms with Crippen molar-refractivity contribution in [2.75, 3.05) is 6.54 Å². The molecule has 1 aliphatic heterocycles. The van der Waals surface area contributed by atoms with E-state index in [4.69, 9.17) is 5.26 Å². The lowest BCUT2D eigenvalue weighted by atomic mass is 9.98. The SMILES string of the molecule is CC(NC(=O)C1(C)CCCN1)c1ccc(C#N)cc1. The fraction of sp³-hybridized carbons (Fsp3) is 0.467. The quantitative estimate of drug-likeness (QED) is 0.869. The summed E-state index contributed by atoms with van der Waals surface area (Å²) in [5.41, 5.74) is 1.20. The van der Waals surface area contributed by atoms with Gasteiger partial charge in [0, 0.05) is 0 Å². The van der Waals surface area contributed by atoms with Crippen LogP contribution in [-0.4, -0.2) is 18.0 Å². The number of rotatable bonds is 3. The van der Waals surface area contributed by atoms with Crippen molar-refractivity contribution in [3.63, 3.8) is 0 Å². The first-order valence-corrected chi connectivity index (χ1v) is 6.61. The maximum Gasteiger partial charge on any atom is 0.240 e. The van der Waals surface area contributed by atoms with E-state index in [1.807, 2.05) is 26.0 Å². The Kier molecular flexibility index (Phi) is 3.87. The second-order valence-electron chi connectivity index (χ2n) is 5.29. The van der Waals surface area contributed by atoms with Crippen LogP contribution in [0, 0.1) is 11.3 Å². The molecule has 4 nitrogen and oxygen atoms in total. The molecule has 2 N–H and O–H groups in total. The number of carbonyl (C=O) groups is 1. The summed E-state index contributed by atoms with van der Waals surface area (Å²) in [6.07, 6.45) is 1.91. The number of nitriles is 1. The van der Waals surface area contributed by atoms with Crippen molar-refractivity contribution in [1.29, 1.82) is 5.26 Å². The van der Waals surface area contributed by atoms with Gasteiger partial charge in [-0.05, 0) is 50.9 Å². The Hall–Kier alpha value is -1.86. The second kappa shape index (κ2) is 5.41. The molecule has 0 saturated carbocycles. The standard InChI is InChI=1S/C15H19N3O/c1-11(13-6-4-12(10-16)5-7-13)18-14(19)15(2)8-3-9-17-15/h4-7,11,17H,3,8-9H2,1-2H3,(H,18,19). The average Bonchev–Trinajstić information content (AvgIpc) is 2.87. The highest BCUT2D eigenvalue weighted by molar-refractivity contribution is 5.86. The Morgan fingerprint density at radius 1 is 1.47 bits per heavy atom. The van der Waals surface area contributed by atoms with Crippen LogP contribution in [0.15, 0.2) is 24.3 Å². The monoisotopic (exact) mass is 257 g/mol. The van der Waals surface area contributed by atoms with Crippen molar-refractivity contribution in [1.82, 2.24) is 10.6 Å². The zero-order valence-corrected chi connectivity index (χ0v) is 11.4. The minimum absolute atomic E-state index is 0.0434. The number of hydrogen-bond donors (Lipinski definition) is 2. The molecule has 1 heterocycles. The van der Waals surface area contributed by atoms with Gasteiger partial charge in [0.25, 0.3) is 0 Å².